The van der Waals surface area contributed by atoms with Crippen molar-refractivity contribution in [3.8, 4) is 5.75 Å². The normalized spacial score (nSPS) is 24.7. The molecule has 0 spiro atoms. The Kier molecular flexibility index (Phi) is 4.80. The van der Waals surface area contributed by atoms with Crippen molar-refractivity contribution >= 4 is 0 Å². The molecule has 0 saturated carbocycles. The lowest BCUT2D eigenvalue weighted by molar-refractivity contribution is 0.0307. The first-order valence-electron chi connectivity index (χ1n) is 6.99. The molecule has 2 rings (SSSR count). The molecule has 1 aliphatic rings. The number of para-hydroxylation sites is 1. The lowest BCUT2D eigenvalue weighted by Gasteiger charge is -2.26. The predicted octanol–water partition coefficient (Wildman–Crippen LogP) is 2.55. The standard InChI is InChI=1S/C15H24N2O2/c1-10(2)18-13-7-5-4-6-12(13)15(17-16)14-9-8-11(3)19-14/h4-7,10-11,14-15,17H,8-9,16H2,1-3H3. The monoisotopic (exact) mass is 264 g/mol. The highest BCUT2D eigenvalue weighted by Crippen LogP contribution is 2.34. The molecule has 0 radical (unpaired) electrons. The number of benzene rings is 1. The van der Waals surface area contributed by atoms with Crippen LogP contribution in [0.5, 0.6) is 5.75 Å². The summed E-state index contributed by atoms with van der Waals surface area (Å²) in [5.74, 6) is 6.62. The Hall–Kier alpha value is -1.10. The molecule has 0 aromatic heterocycles. The highest BCUT2D eigenvalue weighted by atomic mass is 16.5. The van der Waals surface area contributed by atoms with E-state index in [4.69, 9.17) is 15.3 Å². The van der Waals surface area contributed by atoms with Gasteiger partial charge in [-0.25, -0.2) is 0 Å². The van der Waals surface area contributed by atoms with Gasteiger partial charge in [0.1, 0.15) is 5.75 Å². The lowest BCUT2D eigenvalue weighted by atomic mass is 9.99. The van der Waals surface area contributed by atoms with Crippen molar-refractivity contribution in [2.45, 2.75) is 58.0 Å². The van der Waals surface area contributed by atoms with Gasteiger partial charge < -0.3 is 9.47 Å². The number of rotatable bonds is 5. The Bertz CT molecular complexity index is 409. The van der Waals surface area contributed by atoms with Crippen molar-refractivity contribution in [2.24, 2.45) is 5.84 Å². The lowest BCUT2D eigenvalue weighted by Crippen LogP contribution is -2.37. The van der Waals surface area contributed by atoms with Crippen LogP contribution in [0.1, 0.15) is 45.2 Å². The fraction of sp³-hybridized carbons (Fsp3) is 0.600. The molecule has 0 bridgehead atoms. The van der Waals surface area contributed by atoms with Crippen LogP contribution in [-0.4, -0.2) is 18.3 Å². The second-order valence-corrected chi connectivity index (χ2v) is 5.41. The Balaban J connectivity index is 2.22. The quantitative estimate of drug-likeness (QED) is 0.634. The van der Waals surface area contributed by atoms with Crippen LogP contribution in [0.15, 0.2) is 24.3 Å². The van der Waals surface area contributed by atoms with Gasteiger partial charge in [0.15, 0.2) is 0 Å². The van der Waals surface area contributed by atoms with Crippen molar-refractivity contribution in [1.82, 2.24) is 5.43 Å². The summed E-state index contributed by atoms with van der Waals surface area (Å²) in [6.45, 7) is 6.15. The number of nitrogens with one attached hydrogen (secondary N) is 1. The molecule has 1 heterocycles. The molecule has 0 amide bonds. The molecule has 1 aliphatic heterocycles. The Morgan fingerprint density at radius 3 is 2.63 bits per heavy atom. The zero-order chi connectivity index (χ0) is 13.8. The number of hydrogen-bond acceptors (Lipinski definition) is 4. The summed E-state index contributed by atoms with van der Waals surface area (Å²) in [6.07, 6.45) is 2.65. The van der Waals surface area contributed by atoms with Crippen LogP contribution in [0, 0.1) is 0 Å². The van der Waals surface area contributed by atoms with Crippen molar-refractivity contribution in [1.29, 1.82) is 0 Å². The third-order valence-corrected chi connectivity index (χ3v) is 3.43. The van der Waals surface area contributed by atoms with Crippen LogP contribution in [-0.2, 0) is 4.74 Å². The maximum atomic E-state index is 5.93. The van der Waals surface area contributed by atoms with E-state index >= 15 is 0 Å². The van der Waals surface area contributed by atoms with Gasteiger partial charge in [-0.05, 0) is 39.7 Å². The average molecular weight is 264 g/mol. The summed E-state index contributed by atoms with van der Waals surface area (Å²) in [5.41, 5.74) is 3.96. The largest absolute Gasteiger partial charge is 0.491 e. The van der Waals surface area contributed by atoms with E-state index in [0.29, 0.717) is 6.10 Å². The van der Waals surface area contributed by atoms with Gasteiger partial charge in [0.2, 0.25) is 0 Å². The Morgan fingerprint density at radius 1 is 1.32 bits per heavy atom. The number of hydrazine groups is 1. The van der Waals surface area contributed by atoms with E-state index in [1.807, 2.05) is 32.0 Å². The molecule has 1 aromatic carbocycles. The third-order valence-electron chi connectivity index (χ3n) is 3.43. The van der Waals surface area contributed by atoms with Gasteiger partial charge >= 0.3 is 0 Å². The van der Waals surface area contributed by atoms with Crippen molar-refractivity contribution in [3.63, 3.8) is 0 Å². The highest BCUT2D eigenvalue weighted by Gasteiger charge is 2.31. The van der Waals surface area contributed by atoms with E-state index in [-0.39, 0.29) is 18.2 Å². The predicted molar refractivity (Wildman–Crippen MR) is 75.8 cm³/mol. The van der Waals surface area contributed by atoms with E-state index in [1.165, 1.54) is 0 Å². The summed E-state index contributed by atoms with van der Waals surface area (Å²) < 4.78 is 11.8. The second kappa shape index (κ2) is 6.37. The van der Waals surface area contributed by atoms with Crippen molar-refractivity contribution < 1.29 is 9.47 Å². The highest BCUT2D eigenvalue weighted by molar-refractivity contribution is 5.36. The van der Waals surface area contributed by atoms with Gasteiger partial charge in [0.05, 0.1) is 24.4 Å². The van der Waals surface area contributed by atoms with Gasteiger partial charge in [0.25, 0.3) is 0 Å². The summed E-state index contributed by atoms with van der Waals surface area (Å²) in [5, 5.41) is 0. The van der Waals surface area contributed by atoms with E-state index in [2.05, 4.69) is 18.4 Å². The molecular formula is C15H24N2O2. The van der Waals surface area contributed by atoms with Crippen LogP contribution < -0.4 is 16.0 Å². The zero-order valence-electron chi connectivity index (χ0n) is 11.9. The fourth-order valence-corrected chi connectivity index (χ4v) is 2.57. The minimum atomic E-state index is -0.0279. The molecule has 3 atom stereocenters. The number of nitrogens with two attached hydrogens (primary N) is 1. The van der Waals surface area contributed by atoms with E-state index < -0.39 is 0 Å². The fourth-order valence-electron chi connectivity index (χ4n) is 2.57. The maximum Gasteiger partial charge on any atom is 0.124 e. The molecule has 1 fully saturated rings. The molecule has 1 saturated heterocycles. The Morgan fingerprint density at radius 2 is 2.05 bits per heavy atom. The molecule has 4 nitrogen and oxygen atoms in total. The topological polar surface area (TPSA) is 56.5 Å². The number of ether oxygens (including phenoxy) is 2. The van der Waals surface area contributed by atoms with Gasteiger partial charge in [-0.1, -0.05) is 18.2 Å². The molecule has 0 aliphatic carbocycles. The molecule has 19 heavy (non-hydrogen) atoms. The smallest absolute Gasteiger partial charge is 0.124 e. The Labute approximate surface area is 115 Å². The summed E-state index contributed by atoms with van der Waals surface area (Å²) in [7, 11) is 0. The molecular weight excluding hydrogens is 240 g/mol. The first kappa shape index (κ1) is 14.3. The van der Waals surface area contributed by atoms with E-state index in [1.54, 1.807) is 0 Å². The molecule has 1 aromatic rings. The van der Waals surface area contributed by atoms with E-state index in [9.17, 15) is 0 Å². The minimum absolute atomic E-state index is 0.0279. The van der Waals surface area contributed by atoms with Gasteiger partial charge in [-0.15, -0.1) is 0 Å². The SMILES string of the molecule is CC(C)Oc1ccccc1C(NN)C1CCC(C)O1. The van der Waals surface area contributed by atoms with Crippen LogP contribution in [0.4, 0.5) is 0 Å². The summed E-state index contributed by atoms with van der Waals surface area (Å²) >= 11 is 0. The van der Waals surface area contributed by atoms with Crippen LogP contribution in [0.3, 0.4) is 0 Å². The van der Waals surface area contributed by atoms with Gasteiger partial charge in [-0.3, -0.25) is 11.3 Å². The second-order valence-electron chi connectivity index (χ2n) is 5.41. The minimum Gasteiger partial charge on any atom is -0.491 e. The maximum absolute atomic E-state index is 5.93. The number of hydrogen-bond donors (Lipinski definition) is 2. The summed E-state index contributed by atoms with van der Waals surface area (Å²) in [4.78, 5) is 0. The third kappa shape index (κ3) is 3.47. The van der Waals surface area contributed by atoms with Gasteiger partial charge in [0, 0.05) is 5.56 Å². The summed E-state index contributed by atoms with van der Waals surface area (Å²) in [6, 6.07) is 7.99. The first-order valence-corrected chi connectivity index (χ1v) is 6.99. The van der Waals surface area contributed by atoms with Crippen LogP contribution in [0.25, 0.3) is 0 Å². The molecule has 106 valence electrons. The van der Waals surface area contributed by atoms with Gasteiger partial charge in [-0.2, -0.15) is 0 Å². The molecule has 3 unspecified atom stereocenters. The van der Waals surface area contributed by atoms with E-state index in [0.717, 1.165) is 24.2 Å². The van der Waals surface area contributed by atoms with Crippen molar-refractivity contribution in [2.75, 3.05) is 0 Å². The van der Waals surface area contributed by atoms with Crippen LogP contribution >= 0.6 is 0 Å². The molecule has 4 heteroatoms. The van der Waals surface area contributed by atoms with Crippen LogP contribution in [0.2, 0.25) is 0 Å². The zero-order valence-corrected chi connectivity index (χ0v) is 11.9. The average Bonchev–Trinajstić information content (AvgIpc) is 2.78. The van der Waals surface area contributed by atoms with Crippen molar-refractivity contribution in [3.05, 3.63) is 29.8 Å². The molecule has 3 N–H and O–H groups in total. The first-order chi connectivity index (χ1) is 9.11.